The molecule has 46 heavy (non-hydrogen) atoms. The molecule has 5 rings (SSSR count). The van der Waals surface area contributed by atoms with Crippen LogP contribution >= 0.6 is 0 Å². The van der Waals surface area contributed by atoms with Gasteiger partial charge in [0.15, 0.2) is 0 Å². The molecule has 4 aromatic rings. The molecule has 3 heterocycles. The Hall–Kier alpha value is -4.41. The first-order chi connectivity index (χ1) is 22.2. The highest BCUT2D eigenvalue weighted by Crippen LogP contribution is 2.33. The summed E-state index contributed by atoms with van der Waals surface area (Å²) < 4.78 is 19.6. The second-order valence-corrected chi connectivity index (χ2v) is 12.3. The number of oxazole rings is 1. The van der Waals surface area contributed by atoms with Crippen LogP contribution in [0.25, 0.3) is 0 Å². The van der Waals surface area contributed by atoms with E-state index >= 15 is 0 Å². The Morgan fingerprint density at radius 1 is 1.07 bits per heavy atom. The zero-order chi connectivity index (χ0) is 32.6. The number of amides is 2. The Labute approximate surface area is 269 Å². The number of halogens is 1. The number of aliphatic hydroxyl groups is 1. The van der Waals surface area contributed by atoms with Gasteiger partial charge in [0, 0.05) is 43.2 Å². The van der Waals surface area contributed by atoms with Crippen molar-refractivity contribution in [2.24, 2.45) is 0 Å². The predicted octanol–water partition coefficient (Wildman–Crippen LogP) is 5.44. The summed E-state index contributed by atoms with van der Waals surface area (Å²) in [5.74, 6) is 0.00532. The van der Waals surface area contributed by atoms with Gasteiger partial charge < -0.3 is 25.1 Å². The molecule has 0 saturated carbocycles. The summed E-state index contributed by atoms with van der Waals surface area (Å²) in [5, 5.41) is 17.5. The lowest BCUT2D eigenvalue weighted by atomic mass is 9.99. The van der Waals surface area contributed by atoms with E-state index in [4.69, 9.17) is 4.42 Å². The molecule has 1 saturated heterocycles. The SMILES string of the molecule is Cc1coc(C2CCCN2C(=O)c2cc(CF)cc(C(=O)N[C@@H](Cc3ccccc3)[C@H](O)CNCc3cncc(C(C)C)c3)c2)n1. The lowest BCUT2D eigenvalue weighted by molar-refractivity contribution is 0.0715. The summed E-state index contributed by atoms with van der Waals surface area (Å²) in [6.45, 7) is 6.43. The van der Waals surface area contributed by atoms with Gasteiger partial charge in [0.05, 0.1) is 17.8 Å². The van der Waals surface area contributed by atoms with Crippen LogP contribution in [0.15, 0.2) is 77.7 Å². The number of benzene rings is 2. The summed E-state index contributed by atoms with van der Waals surface area (Å²) >= 11 is 0. The average Bonchev–Trinajstić information content (AvgIpc) is 3.73. The molecule has 2 amide bonds. The number of aliphatic hydroxyl groups excluding tert-OH is 1. The van der Waals surface area contributed by atoms with E-state index in [-0.39, 0.29) is 35.2 Å². The first-order valence-electron chi connectivity index (χ1n) is 15.8. The average molecular weight is 628 g/mol. The molecular weight excluding hydrogens is 585 g/mol. The molecule has 0 spiro atoms. The molecule has 0 radical (unpaired) electrons. The van der Waals surface area contributed by atoms with E-state index in [2.05, 4.69) is 40.5 Å². The number of hydrogen-bond acceptors (Lipinski definition) is 7. The molecule has 3 atom stereocenters. The van der Waals surface area contributed by atoms with Crippen LogP contribution < -0.4 is 10.6 Å². The number of carbonyl (C=O) groups is 2. The number of carbonyl (C=O) groups excluding carboxylic acids is 2. The van der Waals surface area contributed by atoms with Crippen molar-refractivity contribution in [3.05, 3.63) is 118 Å². The van der Waals surface area contributed by atoms with Crippen molar-refractivity contribution in [3.63, 3.8) is 0 Å². The number of hydrogen-bond donors (Lipinski definition) is 3. The molecule has 0 aliphatic carbocycles. The van der Waals surface area contributed by atoms with E-state index < -0.39 is 24.7 Å². The fourth-order valence-corrected chi connectivity index (χ4v) is 5.81. The molecular formula is C36H42FN5O4. The van der Waals surface area contributed by atoms with Crippen LogP contribution in [0, 0.1) is 6.92 Å². The molecule has 1 fully saturated rings. The van der Waals surface area contributed by atoms with Crippen LogP contribution in [0.2, 0.25) is 0 Å². The Morgan fingerprint density at radius 2 is 1.85 bits per heavy atom. The van der Waals surface area contributed by atoms with Gasteiger partial charge in [-0.15, -0.1) is 0 Å². The van der Waals surface area contributed by atoms with Crippen molar-refractivity contribution in [2.75, 3.05) is 13.1 Å². The molecule has 0 bridgehead atoms. The first-order valence-corrected chi connectivity index (χ1v) is 15.8. The van der Waals surface area contributed by atoms with E-state index in [1.807, 2.05) is 43.5 Å². The van der Waals surface area contributed by atoms with Crippen molar-refractivity contribution in [1.82, 2.24) is 25.5 Å². The fraction of sp³-hybridized carbons (Fsp3) is 0.389. The van der Waals surface area contributed by atoms with Crippen molar-refractivity contribution >= 4 is 11.8 Å². The zero-order valence-corrected chi connectivity index (χ0v) is 26.6. The molecule has 1 unspecified atom stereocenters. The normalized spacial score (nSPS) is 16.0. The number of pyridine rings is 1. The number of aromatic nitrogens is 2. The predicted molar refractivity (Wildman–Crippen MR) is 173 cm³/mol. The lowest BCUT2D eigenvalue weighted by Gasteiger charge is -2.25. The second-order valence-electron chi connectivity index (χ2n) is 12.3. The summed E-state index contributed by atoms with van der Waals surface area (Å²) in [5.41, 5.74) is 4.39. The van der Waals surface area contributed by atoms with E-state index in [9.17, 15) is 19.1 Å². The molecule has 9 nitrogen and oxygen atoms in total. The van der Waals surface area contributed by atoms with Crippen LogP contribution in [0.4, 0.5) is 4.39 Å². The summed E-state index contributed by atoms with van der Waals surface area (Å²) in [4.78, 5) is 37.8. The third-order valence-electron chi connectivity index (χ3n) is 8.34. The van der Waals surface area contributed by atoms with E-state index in [1.54, 1.807) is 17.4 Å². The molecule has 1 aliphatic rings. The van der Waals surface area contributed by atoms with E-state index in [0.717, 1.165) is 28.8 Å². The maximum atomic E-state index is 14.0. The minimum Gasteiger partial charge on any atom is -0.446 e. The van der Waals surface area contributed by atoms with Gasteiger partial charge in [-0.3, -0.25) is 14.6 Å². The minimum absolute atomic E-state index is 0.149. The number of nitrogens with one attached hydrogen (secondary N) is 2. The molecule has 1 aliphatic heterocycles. The standard InChI is InChI=1S/C36H42FN5O4/c1-23(2)30-14-27(18-38-20-30)19-39-21-33(43)31(15-25-8-5-4-6-9-25)41-34(44)28-12-26(17-37)13-29(16-28)36(45)42-11-7-10-32(42)35-40-24(3)22-46-35/h4-6,8-9,12-14,16,18,20,22-23,31-33,39,43H,7,10-11,15,17,19,21H2,1-3H3,(H,41,44)/t31-,32?,33+/m0/s1. The van der Waals surface area contributed by atoms with E-state index in [0.29, 0.717) is 37.7 Å². The molecule has 2 aromatic heterocycles. The Balaban J connectivity index is 1.32. The number of nitrogens with zero attached hydrogens (tertiary/aromatic N) is 3. The number of likely N-dealkylation sites (tertiary alicyclic amines) is 1. The third kappa shape index (κ3) is 8.24. The summed E-state index contributed by atoms with van der Waals surface area (Å²) in [6, 6.07) is 15.1. The topological polar surface area (TPSA) is 121 Å². The Morgan fingerprint density at radius 3 is 2.57 bits per heavy atom. The van der Waals surface area contributed by atoms with Crippen LogP contribution in [-0.4, -0.2) is 57.0 Å². The smallest absolute Gasteiger partial charge is 0.254 e. The van der Waals surface area contributed by atoms with Crippen molar-refractivity contribution in [2.45, 2.75) is 77.4 Å². The van der Waals surface area contributed by atoms with Gasteiger partial charge >= 0.3 is 0 Å². The maximum absolute atomic E-state index is 14.0. The molecule has 10 heteroatoms. The minimum atomic E-state index is -0.939. The highest BCUT2D eigenvalue weighted by Gasteiger charge is 2.34. The fourth-order valence-electron chi connectivity index (χ4n) is 5.81. The molecule has 3 N–H and O–H groups in total. The highest BCUT2D eigenvalue weighted by molar-refractivity contribution is 6.00. The van der Waals surface area contributed by atoms with Gasteiger partial charge in [-0.1, -0.05) is 50.2 Å². The monoisotopic (exact) mass is 627 g/mol. The van der Waals surface area contributed by atoms with Gasteiger partial charge in [0.2, 0.25) is 5.89 Å². The lowest BCUT2D eigenvalue weighted by Crippen LogP contribution is -2.48. The molecule has 242 valence electrons. The van der Waals surface area contributed by atoms with Gasteiger partial charge in [-0.2, -0.15) is 0 Å². The Kier molecular flexibility index (Phi) is 10.9. The van der Waals surface area contributed by atoms with Crippen molar-refractivity contribution in [3.8, 4) is 0 Å². The summed E-state index contributed by atoms with van der Waals surface area (Å²) in [6.07, 6.45) is 6.12. The molecule has 2 aromatic carbocycles. The maximum Gasteiger partial charge on any atom is 0.254 e. The quantitative estimate of drug-likeness (QED) is 0.181. The third-order valence-corrected chi connectivity index (χ3v) is 8.34. The van der Waals surface area contributed by atoms with Gasteiger partial charge in [0.1, 0.15) is 19.0 Å². The van der Waals surface area contributed by atoms with Crippen LogP contribution in [0.1, 0.15) is 93.2 Å². The number of aryl methyl sites for hydroxylation is 1. The number of alkyl halides is 1. The summed E-state index contributed by atoms with van der Waals surface area (Å²) in [7, 11) is 0. The van der Waals surface area contributed by atoms with Gasteiger partial charge in [-0.05, 0) is 72.6 Å². The van der Waals surface area contributed by atoms with E-state index in [1.165, 1.54) is 18.2 Å². The van der Waals surface area contributed by atoms with Crippen molar-refractivity contribution in [1.29, 1.82) is 0 Å². The van der Waals surface area contributed by atoms with Crippen LogP contribution in [0.3, 0.4) is 0 Å². The van der Waals surface area contributed by atoms with Gasteiger partial charge in [0.25, 0.3) is 11.8 Å². The van der Waals surface area contributed by atoms with Gasteiger partial charge in [-0.25, -0.2) is 9.37 Å². The van der Waals surface area contributed by atoms with Crippen LogP contribution in [-0.2, 0) is 19.6 Å². The Bertz CT molecular complexity index is 1630. The first kappa shape index (κ1) is 33.0. The van der Waals surface area contributed by atoms with Crippen LogP contribution in [0.5, 0.6) is 0 Å². The second kappa shape index (κ2) is 15.2. The largest absolute Gasteiger partial charge is 0.446 e. The highest BCUT2D eigenvalue weighted by atomic mass is 19.1. The zero-order valence-electron chi connectivity index (χ0n) is 26.6. The van der Waals surface area contributed by atoms with Crippen molar-refractivity contribution < 1.29 is 23.5 Å². The number of rotatable bonds is 13.